The maximum atomic E-state index is 13.9. The third-order valence-electron chi connectivity index (χ3n) is 4.25. The predicted octanol–water partition coefficient (Wildman–Crippen LogP) is 5.69. The molecule has 1 aliphatic rings. The summed E-state index contributed by atoms with van der Waals surface area (Å²) in [6, 6.07) is 8.01. The average Bonchev–Trinajstić information content (AvgIpc) is 2.77. The van der Waals surface area contributed by atoms with Crippen molar-refractivity contribution in [1.82, 2.24) is 10.3 Å². The van der Waals surface area contributed by atoms with Crippen LogP contribution >= 0.6 is 23.4 Å². The number of hydrogen-bond donors (Lipinski definition) is 1. The molecule has 154 valence electrons. The molecule has 0 unspecified atom stereocenters. The Kier molecular flexibility index (Phi) is 7.99. The fourth-order valence-electron chi connectivity index (χ4n) is 2.71. The van der Waals surface area contributed by atoms with Gasteiger partial charge in [0.2, 0.25) is 0 Å². The maximum absolute atomic E-state index is 13.9. The van der Waals surface area contributed by atoms with Crippen molar-refractivity contribution in [3.8, 4) is 0 Å². The summed E-state index contributed by atoms with van der Waals surface area (Å²) in [6.07, 6.45) is 10.2. The molecule has 2 heterocycles. The second-order valence-electron chi connectivity index (χ2n) is 6.47. The fourth-order valence-corrected chi connectivity index (χ4v) is 3.60. The van der Waals surface area contributed by atoms with E-state index in [1.807, 2.05) is 5.41 Å². The molecular weight excluding hydrogens is 421 g/mol. The molecule has 2 aromatic rings. The summed E-state index contributed by atoms with van der Waals surface area (Å²) in [4.78, 5) is 22.1. The summed E-state index contributed by atoms with van der Waals surface area (Å²) in [6.45, 7) is 2.69. The van der Waals surface area contributed by atoms with E-state index in [9.17, 15) is 9.18 Å². The average molecular weight is 442 g/mol. The zero-order chi connectivity index (χ0) is 21.3. The first-order chi connectivity index (χ1) is 14.6. The number of carbonyl (C=O) groups is 1. The van der Waals surface area contributed by atoms with E-state index in [0.717, 1.165) is 18.4 Å². The minimum Gasteiger partial charge on any atom is -0.352 e. The largest absolute Gasteiger partial charge is 0.352 e. The van der Waals surface area contributed by atoms with Crippen LogP contribution < -0.4 is 5.32 Å². The van der Waals surface area contributed by atoms with Crippen molar-refractivity contribution >= 4 is 35.0 Å². The van der Waals surface area contributed by atoms with Crippen LogP contribution in [-0.4, -0.2) is 23.1 Å². The van der Waals surface area contributed by atoms with Gasteiger partial charge in [0.1, 0.15) is 5.82 Å². The zero-order valence-corrected chi connectivity index (χ0v) is 18.0. The molecule has 0 fully saturated rings. The Bertz CT molecular complexity index is 1030. The smallest absolute Gasteiger partial charge is 0.251 e. The summed E-state index contributed by atoms with van der Waals surface area (Å²) in [7, 11) is 0. The molecule has 0 saturated heterocycles. The van der Waals surface area contributed by atoms with Crippen molar-refractivity contribution in [2.45, 2.75) is 24.7 Å². The van der Waals surface area contributed by atoms with E-state index < -0.39 is 0 Å². The first-order valence-corrected chi connectivity index (χ1v) is 10.8. The van der Waals surface area contributed by atoms with Crippen LogP contribution in [0, 0.1) is 5.82 Å². The number of rotatable bonds is 5. The lowest BCUT2D eigenvalue weighted by Crippen LogP contribution is -2.25. The number of nitrogens with zero attached hydrogens (tertiary/aromatic N) is 2. The number of nitrogens with one attached hydrogen (secondary N) is 1. The Hall–Kier alpha value is -2.70. The van der Waals surface area contributed by atoms with Crippen LogP contribution in [-0.2, 0) is 4.79 Å². The molecule has 0 spiro atoms. The molecule has 3 rings (SSSR count). The molecule has 1 aromatic heterocycles. The van der Waals surface area contributed by atoms with Gasteiger partial charge in [-0.05, 0) is 54.3 Å². The van der Waals surface area contributed by atoms with Gasteiger partial charge in [-0.3, -0.25) is 14.8 Å². The van der Waals surface area contributed by atoms with E-state index in [1.54, 1.807) is 42.6 Å². The first-order valence-electron chi connectivity index (χ1n) is 9.56. The highest BCUT2D eigenvalue weighted by Gasteiger charge is 2.14. The van der Waals surface area contributed by atoms with E-state index in [2.05, 4.69) is 22.2 Å². The van der Waals surface area contributed by atoms with Crippen LogP contribution in [0.3, 0.4) is 0 Å². The van der Waals surface area contributed by atoms with E-state index in [-0.39, 0.29) is 11.7 Å². The number of amides is 1. The molecule has 0 atom stereocenters. The van der Waals surface area contributed by atoms with Gasteiger partial charge < -0.3 is 5.32 Å². The standard InChI is InChI=1S/C23H21ClFN3OS/c1-2-3-11-27-23(29)16-5-4-13-30-21-14-18(25)7-8-19(21)22(26-12-10-16)20-9-6-17(24)15-28-20/h4-10,12-15H,2-3,11H2,1H3,(H,27,29)/b12-10+,13-4+,16-5+,26-22+. The lowest BCUT2D eigenvalue weighted by atomic mass is 10.1. The number of pyridine rings is 1. The lowest BCUT2D eigenvalue weighted by molar-refractivity contribution is -0.117. The van der Waals surface area contributed by atoms with Crippen molar-refractivity contribution in [1.29, 1.82) is 0 Å². The monoisotopic (exact) mass is 441 g/mol. The van der Waals surface area contributed by atoms with E-state index in [4.69, 9.17) is 11.6 Å². The van der Waals surface area contributed by atoms with Crippen molar-refractivity contribution in [2.24, 2.45) is 4.99 Å². The topological polar surface area (TPSA) is 54.4 Å². The second kappa shape index (κ2) is 10.9. The Morgan fingerprint density at radius 3 is 2.90 bits per heavy atom. The number of aromatic nitrogens is 1. The summed E-state index contributed by atoms with van der Waals surface area (Å²) in [5.41, 5.74) is 2.37. The van der Waals surface area contributed by atoms with Gasteiger partial charge in [0, 0.05) is 35.0 Å². The number of allylic oxidation sites excluding steroid dienone is 2. The number of halogens is 2. The van der Waals surface area contributed by atoms with Crippen LogP contribution in [0.25, 0.3) is 0 Å². The van der Waals surface area contributed by atoms with E-state index in [0.29, 0.717) is 33.4 Å². The molecule has 1 N–H and O–H groups in total. The number of hydrogen-bond acceptors (Lipinski definition) is 4. The molecule has 1 amide bonds. The number of aliphatic imine (C=N–C) groups is 1. The quantitative estimate of drug-likeness (QED) is 0.606. The SMILES string of the molecule is CCCCNC(=O)C1=C/C=C/Sc2cc(F)ccc2/C(c2ccc(Cl)cn2)=N\C=C\1. The van der Waals surface area contributed by atoms with Gasteiger partial charge in [-0.15, -0.1) is 0 Å². The first kappa shape index (κ1) is 22.0. The number of fused-ring (bicyclic) bond motifs is 1. The van der Waals surface area contributed by atoms with E-state index >= 15 is 0 Å². The van der Waals surface area contributed by atoms with Gasteiger partial charge in [-0.2, -0.15) is 0 Å². The Labute approximate surface area is 184 Å². The molecule has 4 nitrogen and oxygen atoms in total. The molecule has 0 aliphatic carbocycles. The van der Waals surface area contributed by atoms with Crippen molar-refractivity contribution in [2.75, 3.05) is 6.54 Å². The lowest BCUT2D eigenvalue weighted by Gasteiger charge is -2.10. The third-order valence-corrected chi connectivity index (χ3v) is 5.36. The normalized spacial score (nSPS) is 19.3. The molecule has 0 saturated carbocycles. The van der Waals surface area contributed by atoms with Crippen molar-refractivity contribution in [3.05, 3.63) is 94.0 Å². The van der Waals surface area contributed by atoms with Gasteiger partial charge in [-0.1, -0.05) is 42.8 Å². The number of unbranched alkanes of at least 4 members (excludes halogenated alkanes) is 1. The van der Waals surface area contributed by atoms with Crippen LogP contribution in [0.1, 0.15) is 31.0 Å². The summed E-state index contributed by atoms with van der Waals surface area (Å²) in [5, 5.41) is 5.22. The van der Waals surface area contributed by atoms with Gasteiger partial charge in [0.05, 0.1) is 16.4 Å². The van der Waals surface area contributed by atoms with Crippen LogP contribution in [0.4, 0.5) is 4.39 Å². The van der Waals surface area contributed by atoms with Gasteiger partial charge >= 0.3 is 0 Å². The highest BCUT2D eigenvalue weighted by Crippen LogP contribution is 2.28. The molecule has 0 radical (unpaired) electrons. The van der Waals surface area contributed by atoms with Crippen LogP contribution in [0.2, 0.25) is 5.02 Å². The maximum Gasteiger partial charge on any atom is 0.251 e. The number of thioether (sulfide) groups is 1. The van der Waals surface area contributed by atoms with Crippen LogP contribution in [0.5, 0.6) is 0 Å². The zero-order valence-electron chi connectivity index (χ0n) is 16.4. The highest BCUT2D eigenvalue weighted by atomic mass is 35.5. The summed E-state index contributed by atoms with van der Waals surface area (Å²) < 4.78 is 13.9. The fraction of sp³-hybridized carbons (Fsp3) is 0.174. The molecule has 1 aliphatic heterocycles. The van der Waals surface area contributed by atoms with Crippen molar-refractivity contribution in [3.63, 3.8) is 0 Å². The molecule has 1 aromatic carbocycles. The summed E-state index contributed by atoms with van der Waals surface area (Å²) >= 11 is 7.32. The minimum absolute atomic E-state index is 0.168. The Morgan fingerprint density at radius 2 is 2.13 bits per heavy atom. The Morgan fingerprint density at radius 1 is 1.27 bits per heavy atom. The number of carbonyl (C=O) groups excluding carboxylic acids is 1. The van der Waals surface area contributed by atoms with Crippen LogP contribution in [0.15, 0.2) is 81.8 Å². The molecule has 30 heavy (non-hydrogen) atoms. The molecule has 0 bridgehead atoms. The molecule has 7 heteroatoms. The van der Waals surface area contributed by atoms with E-state index in [1.165, 1.54) is 30.1 Å². The third kappa shape index (κ3) is 5.90. The van der Waals surface area contributed by atoms with Crippen molar-refractivity contribution < 1.29 is 9.18 Å². The number of benzene rings is 1. The second-order valence-corrected chi connectivity index (χ2v) is 7.86. The van der Waals surface area contributed by atoms with Gasteiger partial charge in [-0.25, -0.2) is 4.39 Å². The highest BCUT2D eigenvalue weighted by molar-refractivity contribution is 8.02. The Balaban J connectivity index is 2.03. The van der Waals surface area contributed by atoms with Gasteiger partial charge in [0.15, 0.2) is 0 Å². The van der Waals surface area contributed by atoms with Gasteiger partial charge in [0.25, 0.3) is 5.91 Å². The predicted molar refractivity (Wildman–Crippen MR) is 121 cm³/mol. The minimum atomic E-state index is -0.338. The summed E-state index contributed by atoms with van der Waals surface area (Å²) in [5.74, 6) is -0.506. The molecular formula is C23H21ClFN3OS.